The lowest BCUT2D eigenvalue weighted by atomic mass is 9.75. The van der Waals surface area contributed by atoms with Crippen LogP contribution in [0.2, 0.25) is 0 Å². The topological polar surface area (TPSA) is 48.1 Å². The third-order valence-corrected chi connectivity index (χ3v) is 5.14. The summed E-state index contributed by atoms with van der Waals surface area (Å²) in [6.07, 6.45) is 4.83. The SMILES string of the molecule is CC1CN(C)C12CCN(c1ncnc3[nH]ccc13)C2. The Balaban J connectivity index is 1.70. The van der Waals surface area contributed by atoms with Gasteiger partial charge in [-0.2, -0.15) is 0 Å². The van der Waals surface area contributed by atoms with Gasteiger partial charge in [-0.05, 0) is 25.5 Å². The Bertz CT molecular complexity index is 611. The van der Waals surface area contributed by atoms with Crippen molar-refractivity contribution in [2.45, 2.75) is 18.9 Å². The second-order valence-electron chi connectivity index (χ2n) is 5.99. The molecule has 0 amide bonds. The molecule has 2 fully saturated rings. The van der Waals surface area contributed by atoms with E-state index in [1.54, 1.807) is 6.33 Å². The molecule has 4 rings (SSSR count). The van der Waals surface area contributed by atoms with Crippen LogP contribution >= 0.6 is 0 Å². The number of aromatic amines is 1. The molecule has 1 N–H and O–H groups in total. The highest BCUT2D eigenvalue weighted by molar-refractivity contribution is 5.87. The second-order valence-corrected chi connectivity index (χ2v) is 5.99. The van der Waals surface area contributed by atoms with Crippen molar-refractivity contribution in [3.63, 3.8) is 0 Å². The fourth-order valence-electron chi connectivity index (χ4n) is 3.85. The number of anilines is 1. The van der Waals surface area contributed by atoms with Gasteiger partial charge in [-0.15, -0.1) is 0 Å². The molecule has 0 saturated carbocycles. The first-order chi connectivity index (χ1) is 9.21. The van der Waals surface area contributed by atoms with Crippen LogP contribution in [0.15, 0.2) is 18.6 Å². The quantitative estimate of drug-likeness (QED) is 0.841. The molecular formula is C14H19N5. The van der Waals surface area contributed by atoms with Gasteiger partial charge in [0.15, 0.2) is 0 Å². The molecular weight excluding hydrogens is 238 g/mol. The van der Waals surface area contributed by atoms with Crippen molar-refractivity contribution in [2.75, 3.05) is 31.6 Å². The molecule has 1 spiro atoms. The molecule has 2 aliphatic heterocycles. The molecule has 100 valence electrons. The predicted molar refractivity (Wildman–Crippen MR) is 75.2 cm³/mol. The average Bonchev–Trinajstić information content (AvgIpc) is 3.07. The number of aromatic nitrogens is 3. The smallest absolute Gasteiger partial charge is 0.142 e. The molecule has 0 aromatic carbocycles. The van der Waals surface area contributed by atoms with Crippen LogP contribution in [-0.2, 0) is 0 Å². The number of likely N-dealkylation sites (tertiary alicyclic amines) is 1. The van der Waals surface area contributed by atoms with Gasteiger partial charge in [-0.3, -0.25) is 4.90 Å². The van der Waals surface area contributed by atoms with Gasteiger partial charge in [0.25, 0.3) is 0 Å². The van der Waals surface area contributed by atoms with Crippen molar-refractivity contribution in [2.24, 2.45) is 5.92 Å². The predicted octanol–water partition coefficient (Wildman–Crippen LogP) is 1.49. The van der Waals surface area contributed by atoms with Gasteiger partial charge in [0.2, 0.25) is 0 Å². The molecule has 2 aromatic rings. The van der Waals surface area contributed by atoms with Crippen LogP contribution in [0.3, 0.4) is 0 Å². The zero-order valence-corrected chi connectivity index (χ0v) is 11.4. The number of rotatable bonds is 1. The number of nitrogens with zero attached hydrogens (tertiary/aromatic N) is 4. The van der Waals surface area contributed by atoms with E-state index < -0.39 is 0 Å². The summed E-state index contributed by atoms with van der Waals surface area (Å²) in [5.74, 6) is 1.86. The Labute approximate surface area is 112 Å². The Morgan fingerprint density at radius 2 is 2.32 bits per heavy atom. The Morgan fingerprint density at radius 3 is 3.05 bits per heavy atom. The highest BCUT2D eigenvalue weighted by Gasteiger charge is 2.53. The number of H-pyrrole nitrogens is 1. The summed E-state index contributed by atoms with van der Waals surface area (Å²) in [6.45, 7) is 5.76. The number of hydrogen-bond donors (Lipinski definition) is 1. The first kappa shape index (κ1) is 11.2. The zero-order valence-electron chi connectivity index (χ0n) is 11.4. The average molecular weight is 257 g/mol. The lowest BCUT2D eigenvalue weighted by Crippen LogP contribution is -2.65. The number of hydrogen-bond acceptors (Lipinski definition) is 4. The fraction of sp³-hybridized carbons (Fsp3) is 0.571. The van der Waals surface area contributed by atoms with Gasteiger partial charge in [0.1, 0.15) is 17.8 Å². The van der Waals surface area contributed by atoms with Crippen molar-refractivity contribution in [1.82, 2.24) is 19.9 Å². The molecule has 4 heterocycles. The van der Waals surface area contributed by atoms with Crippen LogP contribution in [0.5, 0.6) is 0 Å². The van der Waals surface area contributed by atoms with Crippen LogP contribution in [0, 0.1) is 5.92 Å². The van der Waals surface area contributed by atoms with E-state index in [-0.39, 0.29) is 0 Å². The molecule has 2 atom stereocenters. The van der Waals surface area contributed by atoms with Crippen molar-refractivity contribution in [1.29, 1.82) is 0 Å². The molecule has 0 aliphatic carbocycles. The fourth-order valence-corrected chi connectivity index (χ4v) is 3.85. The van der Waals surface area contributed by atoms with E-state index in [4.69, 9.17) is 0 Å². The standard InChI is InChI=1S/C14H19N5/c1-10-7-18(2)14(10)4-6-19(8-14)13-11-3-5-15-12(11)16-9-17-13/h3,5,9-10H,4,6-8H2,1-2H3,(H,15,16,17). The lowest BCUT2D eigenvalue weighted by molar-refractivity contribution is -0.0353. The van der Waals surface area contributed by atoms with E-state index in [1.165, 1.54) is 13.0 Å². The summed E-state index contributed by atoms with van der Waals surface area (Å²) in [6, 6.07) is 2.07. The summed E-state index contributed by atoms with van der Waals surface area (Å²) in [4.78, 5) is 16.9. The van der Waals surface area contributed by atoms with E-state index in [2.05, 4.69) is 44.8 Å². The minimum Gasteiger partial charge on any atom is -0.354 e. The normalized spacial score (nSPS) is 31.3. The van der Waals surface area contributed by atoms with Crippen LogP contribution in [0.4, 0.5) is 5.82 Å². The van der Waals surface area contributed by atoms with Crippen molar-refractivity contribution in [3.8, 4) is 0 Å². The molecule has 19 heavy (non-hydrogen) atoms. The minimum absolute atomic E-state index is 0.369. The van der Waals surface area contributed by atoms with Crippen molar-refractivity contribution >= 4 is 16.9 Å². The van der Waals surface area contributed by atoms with E-state index in [0.29, 0.717) is 5.54 Å². The maximum Gasteiger partial charge on any atom is 0.142 e. The molecule has 5 heteroatoms. The third-order valence-electron chi connectivity index (χ3n) is 5.14. The number of nitrogens with one attached hydrogen (secondary N) is 1. The summed E-state index contributed by atoms with van der Waals surface area (Å²) in [5, 5.41) is 1.13. The largest absolute Gasteiger partial charge is 0.354 e. The Morgan fingerprint density at radius 1 is 1.42 bits per heavy atom. The van der Waals surface area contributed by atoms with Gasteiger partial charge < -0.3 is 9.88 Å². The van der Waals surface area contributed by atoms with E-state index >= 15 is 0 Å². The molecule has 0 bridgehead atoms. The molecule has 2 aliphatic rings. The summed E-state index contributed by atoms with van der Waals surface area (Å²) < 4.78 is 0. The minimum atomic E-state index is 0.369. The Hall–Kier alpha value is -1.62. The Kier molecular flexibility index (Phi) is 2.18. The van der Waals surface area contributed by atoms with Crippen LogP contribution in [0.1, 0.15) is 13.3 Å². The molecule has 0 radical (unpaired) electrons. The van der Waals surface area contributed by atoms with Crippen LogP contribution in [-0.4, -0.2) is 52.1 Å². The summed E-state index contributed by atoms with van der Waals surface area (Å²) in [7, 11) is 2.25. The van der Waals surface area contributed by atoms with Gasteiger partial charge >= 0.3 is 0 Å². The van der Waals surface area contributed by atoms with Gasteiger partial charge in [0.05, 0.1) is 5.39 Å². The first-order valence-corrected chi connectivity index (χ1v) is 6.95. The maximum atomic E-state index is 4.51. The van der Waals surface area contributed by atoms with Gasteiger partial charge in [-0.1, -0.05) is 6.92 Å². The highest BCUT2D eigenvalue weighted by Crippen LogP contribution is 2.43. The second kappa shape index (κ2) is 3.70. The number of fused-ring (bicyclic) bond motifs is 1. The molecule has 2 saturated heterocycles. The molecule has 2 unspecified atom stereocenters. The van der Waals surface area contributed by atoms with Crippen molar-refractivity contribution < 1.29 is 0 Å². The zero-order chi connectivity index (χ0) is 13.0. The summed E-state index contributed by atoms with van der Waals surface area (Å²) in [5.41, 5.74) is 1.30. The number of likely N-dealkylation sites (N-methyl/N-ethyl adjacent to an activating group) is 1. The summed E-state index contributed by atoms with van der Waals surface area (Å²) >= 11 is 0. The van der Waals surface area contributed by atoms with Crippen LogP contribution < -0.4 is 4.90 Å². The van der Waals surface area contributed by atoms with Gasteiger partial charge in [-0.25, -0.2) is 9.97 Å². The monoisotopic (exact) mass is 257 g/mol. The van der Waals surface area contributed by atoms with E-state index in [1.807, 2.05) is 6.20 Å². The first-order valence-electron chi connectivity index (χ1n) is 6.95. The van der Waals surface area contributed by atoms with E-state index in [9.17, 15) is 0 Å². The van der Waals surface area contributed by atoms with Crippen LogP contribution in [0.25, 0.3) is 11.0 Å². The highest BCUT2D eigenvalue weighted by atomic mass is 15.3. The molecule has 5 nitrogen and oxygen atoms in total. The third kappa shape index (κ3) is 1.39. The van der Waals surface area contributed by atoms with Crippen molar-refractivity contribution in [3.05, 3.63) is 18.6 Å². The maximum absolute atomic E-state index is 4.51. The molecule has 2 aromatic heterocycles. The lowest BCUT2D eigenvalue weighted by Gasteiger charge is -2.54. The van der Waals surface area contributed by atoms with Gasteiger partial charge in [0, 0.05) is 31.4 Å². The van der Waals surface area contributed by atoms with E-state index in [0.717, 1.165) is 35.9 Å².